The van der Waals surface area contributed by atoms with Gasteiger partial charge in [-0.1, -0.05) is 12.1 Å². The number of nitrogens with zero attached hydrogens (tertiary/aromatic N) is 2. The van der Waals surface area contributed by atoms with Gasteiger partial charge in [-0.3, -0.25) is 4.79 Å². The van der Waals surface area contributed by atoms with Crippen molar-refractivity contribution in [2.75, 3.05) is 7.11 Å². The number of para-hydroxylation sites is 1. The minimum absolute atomic E-state index is 0.291. The third-order valence-corrected chi connectivity index (χ3v) is 4.72. The Morgan fingerprint density at radius 1 is 1.24 bits per heavy atom. The van der Waals surface area contributed by atoms with E-state index in [9.17, 15) is 4.79 Å². The molecule has 25 heavy (non-hydrogen) atoms. The molecule has 5 nitrogen and oxygen atoms in total. The Bertz CT molecular complexity index is 910. The number of hydrogen-bond acceptors (Lipinski definition) is 6. The maximum absolute atomic E-state index is 12.0. The van der Waals surface area contributed by atoms with Crippen molar-refractivity contribution in [1.82, 2.24) is 4.98 Å². The van der Waals surface area contributed by atoms with E-state index in [0.29, 0.717) is 29.9 Å². The number of ether oxygens (including phenoxy) is 2. The third kappa shape index (κ3) is 4.14. The SMILES string of the molecule is COc1cc(C#N)ccc1OC(=O)CCCc1nc2ccccc2s1. The zero-order valence-electron chi connectivity index (χ0n) is 13.7. The van der Waals surface area contributed by atoms with Crippen molar-refractivity contribution in [3.8, 4) is 17.6 Å². The molecule has 0 unspecified atom stereocenters. The molecule has 0 radical (unpaired) electrons. The summed E-state index contributed by atoms with van der Waals surface area (Å²) in [6.07, 6.45) is 1.69. The molecule has 126 valence electrons. The fourth-order valence-corrected chi connectivity index (χ4v) is 3.42. The number of esters is 1. The van der Waals surface area contributed by atoms with Crippen LogP contribution in [0.1, 0.15) is 23.4 Å². The molecule has 0 atom stereocenters. The lowest BCUT2D eigenvalue weighted by Crippen LogP contribution is -2.09. The molecular weight excluding hydrogens is 336 g/mol. The van der Waals surface area contributed by atoms with Gasteiger partial charge in [0.05, 0.1) is 34.0 Å². The van der Waals surface area contributed by atoms with Gasteiger partial charge in [0.1, 0.15) is 0 Å². The molecule has 0 N–H and O–H groups in total. The monoisotopic (exact) mass is 352 g/mol. The molecule has 0 spiro atoms. The largest absolute Gasteiger partial charge is 0.493 e. The van der Waals surface area contributed by atoms with Crippen LogP contribution in [0.15, 0.2) is 42.5 Å². The number of benzene rings is 2. The van der Waals surface area contributed by atoms with E-state index in [2.05, 4.69) is 4.98 Å². The molecule has 1 aromatic heterocycles. The molecule has 0 aliphatic heterocycles. The molecule has 6 heteroatoms. The molecule has 0 bridgehead atoms. The van der Waals surface area contributed by atoms with Crippen LogP contribution in [0.2, 0.25) is 0 Å². The average Bonchev–Trinajstić information content (AvgIpc) is 3.04. The second-order valence-corrected chi connectivity index (χ2v) is 6.50. The second-order valence-electron chi connectivity index (χ2n) is 5.38. The van der Waals surface area contributed by atoms with Gasteiger partial charge in [0.15, 0.2) is 11.5 Å². The quantitative estimate of drug-likeness (QED) is 0.493. The van der Waals surface area contributed by atoms with Gasteiger partial charge in [-0.05, 0) is 37.1 Å². The molecule has 0 aliphatic rings. The Labute approximate surface area is 149 Å². The number of thiazole rings is 1. The summed E-state index contributed by atoms with van der Waals surface area (Å²) in [6, 6.07) is 14.7. The van der Waals surface area contributed by atoms with Gasteiger partial charge in [0.2, 0.25) is 0 Å². The molecule has 0 saturated carbocycles. The van der Waals surface area contributed by atoms with Crippen LogP contribution >= 0.6 is 11.3 Å². The Kier molecular flexibility index (Phi) is 5.26. The predicted molar refractivity (Wildman–Crippen MR) is 95.9 cm³/mol. The van der Waals surface area contributed by atoms with Gasteiger partial charge in [0, 0.05) is 12.5 Å². The lowest BCUT2D eigenvalue weighted by molar-refractivity contribution is -0.134. The Balaban J connectivity index is 1.55. The zero-order chi connectivity index (χ0) is 17.6. The first-order chi connectivity index (χ1) is 12.2. The number of fused-ring (bicyclic) bond motifs is 1. The summed E-state index contributed by atoms with van der Waals surface area (Å²) in [6.45, 7) is 0. The minimum atomic E-state index is -0.330. The van der Waals surface area contributed by atoms with Crippen LogP contribution in [-0.4, -0.2) is 18.1 Å². The van der Waals surface area contributed by atoms with E-state index in [1.165, 1.54) is 7.11 Å². The zero-order valence-corrected chi connectivity index (χ0v) is 14.5. The topological polar surface area (TPSA) is 72.2 Å². The molecule has 0 saturated heterocycles. The van der Waals surface area contributed by atoms with Crippen LogP contribution < -0.4 is 9.47 Å². The predicted octanol–water partition coefficient (Wildman–Crippen LogP) is 4.10. The van der Waals surface area contributed by atoms with Gasteiger partial charge in [-0.15, -0.1) is 11.3 Å². The van der Waals surface area contributed by atoms with E-state index in [1.54, 1.807) is 29.5 Å². The van der Waals surface area contributed by atoms with Crippen LogP contribution in [0.25, 0.3) is 10.2 Å². The van der Waals surface area contributed by atoms with Crippen LogP contribution in [0.3, 0.4) is 0 Å². The van der Waals surface area contributed by atoms with Crippen LogP contribution in [-0.2, 0) is 11.2 Å². The summed E-state index contributed by atoms with van der Waals surface area (Å²) in [7, 11) is 1.47. The van der Waals surface area contributed by atoms with E-state index in [1.807, 2.05) is 30.3 Å². The fourth-order valence-electron chi connectivity index (χ4n) is 2.41. The van der Waals surface area contributed by atoms with E-state index < -0.39 is 0 Å². The van der Waals surface area contributed by atoms with Gasteiger partial charge in [-0.25, -0.2) is 4.98 Å². The summed E-state index contributed by atoms with van der Waals surface area (Å²) in [5.41, 5.74) is 1.44. The van der Waals surface area contributed by atoms with Gasteiger partial charge in [-0.2, -0.15) is 5.26 Å². The highest BCUT2D eigenvalue weighted by Gasteiger charge is 2.11. The first kappa shape index (κ1) is 16.9. The smallest absolute Gasteiger partial charge is 0.311 e. The fraction of sp³-hybridized carbons (Fsp3) is 0.211. The number of methoxy groups -OCH3 is 1. The lowest BCUT2D eigenvalue weighted by Gasteiger charge is -2.09. The number of carbonyl (C=O) groups is 1. The van der Waals surface area contributed by atoms with Crippen LogP contribution in [0, 0.1) is 11.3 Å². The molecular formula is C19H16N2O3S. The molecule has 1 heterocycles. The van der Waals surface area contributed by atoms with Gasteiger partial charge >= 0.3 is 5.97 Å². The van der Waals surface area contributed by atoms with Crippen molar-refractivity contribution in [3.63, 3.8) is 0 Å². The summed E-state index contributed by atoms with van der Waals surface area (Å²) >= 11 is 1.65. The minimum Gasteiger partial charge on any atom is -0.493 e. The maximum Gasteiger partial charge on any atom is 0.311 e. The van der Waals surface area contributed by atoms with E-state index in [4.69, 9.17) is 14.7 Å². The van der Waals surface area contributed by atoms with Gasteiger partial charge < -0.3 is 9.47 Å². The van der Waals surface area contributed by atoms with Crippen molar-refractivity contribution in [2.45, 2.75) is 19.3 Å². The Morgan fingerprint density at radius 2 is 2.08 bits per heavy atom. The third-order valence-electron chi connectivity index (χ3n) is 3.63. The molecule has 3 aromatic rings. The normalized spacial score (nSPS) is 10.4. The Hall–Kier alpha value is -2.91. The molecule has 3 rings (SSSR count). The molecule has 0 amide bonds. The van der Waals surface area contributed by atoms with Crippen molar-refractivity contribution in [1.29, 1.82) is 5.26 Å². The standard InChI is InChI=1S/C19H16N2O3S/c1-23-16-11-13(12-20)9-10-15(16)24-19(22)8-4-7-18-21-14-5-2-3-6-17(14)25-18/h2-3,5-6,9-11H,4,7-8H2,1H3. The number of aromatic nitrogens is 1. The van der Waals surface area contributed by atoms with Crippen molar-refractivity contribution in [2.24, 2.45) is 0 Å². The summed E-state index contributed by atoms with van der Waals surface area (Å²) in [5.74, 6) is 0.370. The van der Waals surface area contributed by atoms with Crippen molar-refractivity contribution < 1.29 is 14.3 Å². The number of hydrogen-bond donors (Lipinski definition) is 0. The highest BCUT2D eigenvalue weighted by molar-refractivity contribution is 7.18. The lowest BCUT2D eigenvalue weighted by atomic mass is 10.2. The Morgan fingerprint density at radius 3 is 2.84 bits per heavy atom. The summed E-state index contributed by atoms with van der Waals surface area (Å²) in [5, 5.41) is 9.91. The maximum atomic E-state index is 12.0. The first-order valence-corrected chi connectivity index (χ1v) is 8.64. The number of rotatable bonds is 6. The summed E-state index contributed by atoms with van der Waals surface area (Å²) < 4.78 is 11.7. The van der Waals surface area contributed by atoms with Crippen LogP contribution in [0.4, 0.5) is 0 Å². The number of nitriles is 1. The van der Waals surface area contributed by atoms with E-state index >= 15 is 0 Å². The van der Waals surface area contributed by atoms with Crippen molar-refractivity contribution in [3.05, 3.63) is 53.0 Å². The second kappa shape index (κ2) is 7.77. The van der Waals surface area contributed by atoms with E-state index in [0.717, 1.165) is 21.6 Å². The summed E-state index contributed by atoms with van der Waals surface area (Å²) in [4.78, 5) is 16.6. The van der Waals surface area contributed by atoms with E-state index in [-0.39, 0.29) is 5.97 Å². The molecule has 0 aliphatic carbocycles. The number of carbonyl (C=O) groups excluding carboxylic acids is 1. The number of aryl methyl sites for hydroxylation is 1. The van der Waals surface area contributed by atoms with Crippen LogP contribution in [0.5, 0.6) is 11.5 Å². The van der Waals surface area contributed by atoms with Crippen molar-refractivity contribution >= 4 is 27.5 Å². The molecule has 0 fully saturated rings. The average molecular weight is 352 g/mol. The van der Waals surface area contributed by atoms with Gasteiger partial charge in [0.25, 0.3) is 0 Å². The highest BCUT2D eigenvalue weighted by atomic mass is 32.1. The molecule has 2 aromatic carbocycles. The highest BCUT2D eigenvalue weighted by Crippen LogP contribution is 2.28. The first-order valence-electron chi connectivity index (χ1n) is 7.83.